The largest absolute Gasteiger partial charge is 0.463 e. The molecule has 1 aromatic carbocycles. The van der Waals surface area contributed by atoms with Crippen LogP contribution < -0.4 is 10.7 Å². The van der Waals surface area contributed by atoms with Gasteiger partial charge in [-0.05, 0) is 42.7 Å². The van der Waals surface area contributed by atoms with Crippen LogP contribution in [0.4, 0.5) is 0 Å². The SMILES string of the molecule is CSCCC(NC(=O)c1ccccc1)C(=O)N/N=C/c1ccco1. The van der Waals surface area contributed by atoms with Gasteiger partial charge >= 0.3 is 0 Å². The molecule has 7 heteroatoms. The predicted octanol–water partition coefficient (Wildman–Crippen LogP) is 2.28. The lowest BCUT2D eigenvalue weighted by Gasteiger charge is -2.16. The van der Waals surface area contributed by atoms with E-state index in [0.29, 0.717) is 17.7 Å². The molecule has 0 aliphatic rings. The second-order valence-electron chi connectivity index (χ2n) is 4.92. The van der Waals surface area contributed by atoms with Crippen molar-refractivity contribution in [1.82, 2.24) is 10.7 Å². The summed E-state index contributed by atoms with van der Waals surface area (Å²) in [6.45, 7) is 0. The minimum atomic E-state index is -0.654. The van der Waals surface area contributed by atoms with Crippen LogP contribution in [0.3, 0.4) is 0 Å². The minimum Gasteiger partial charge on any atom is -0.463 e. The first-order valence-corrected chi connectivity index (χ1v) is 8.81. The number of furan rings is 1. The Hall–Kier alpha value is -2.54. The van der Waals surface area contributed by atoms with Crippen molar-refractivity contribution >= 4 is 29.8 Å². The van der Waals surface area contributed by atoms with Crippen LogP contribution in [0, 0.1) is 0 Å². The zero-order valence-electron chi connectivity index (χ0n) is 13.3. The predicted molar refractivity (Wildman–Crippen MR) is 95.1 cm³/mol. The van der Waals surface area contributed by atoms with Gasteiger partial charge in [-0.1, -0.05) is 18.2 Å². The van der Waals surface area contributed by atoms with Gasteiger partial charge in [-0.25, -0.2) is 5.43 Å². The number of hydrazone groups is 1. The molecular weight excluding hydrogens is 326 g/mol. The summed E-state index contributed by atoms with van der Waals surface area (Å²) in [6.07, 6.45) is 5.39. The van der Waals surface area contributed by atoms with E-state index in [4.69, 9.17) is 4.42 Å². The van der Waals surface area contributed by atoms with E-state index in [9.17, 15) is 9.59 Å². The van der Waals surface area contributed by atoms with Crippen LogP contribution in [-0.2, 0) is 4.79 Å². The van der Waals surface area contributed by atoms with E-state index >= 15 is 0 Å². The average Bonchev–Trinajstić information content (AvgIpc) is 3.12. The molecule has 1 aromatic heterocycles. The maximum absolute atomic E-state index is 12.3. The van der Waals surface area contributed by atoms with Crippen LogP contribution >= 0.6 is 11.8 Å². The summed E-state index contributed by atoms with van der Waals surface area (Å²) in [4.78, 5) is 24.5. The van der Waals surface area contributed by atoms with Crippen LogP contribution in [-0.4, -0.2) is 36.1 Å². The molecule has 0 radical (unpaired) electrons. The Bertz CT molecular complexity index is 672. The third-order valence-electron chi connectivity index (χ3n) is 3.18. The molecule has 2 aromatic rings. The number of hydrogen-bond acceptors (Lipinski definition) is 5. The van der Waals surface area contributed by atoms with E-state index in [-0.39, 0.29) is 11.8 Å². The van der Waals surface area contributed by atoms with Gasteiger partial charge in [-0.3, -0.25) is 9.59 Å². The molecule has 6 nitrogen and oxygen atoms in total. The van der Waals surface area contributed by atoms with E-state index in [0.717, 1.165) is 5.75 Å². The van der Waals surface area contributed by atoms with Crippen LogP contribution in [0.1, 0.15) is 22.5 Å². The molecule has 0 saturated heterocycles. The van der Waals surface area contributed by atoms with Crippen LogP contribution in [0.15, 0.2) is 58.2 Å². The molecule has 0 bridgehead atoms. The van der Waals surface area contributed by atoms with Crippen molar-refractivity contribution in [2.45, 2.75) is 12.5 Å². The fourth-order valence-electron chi connectivity index (χ4n) is 1.94. The second-order valence-corrected chi connectivity index (χ2v) is 5.91. The van der Waals surface area contributed by atoms with Gasteiger partial charge in [0.1, 0.15) is 11.8 Å². The van der Waals surface area contributed by atoms with Crippen molar-refractivity contribution in [2.75, 3.05) is 12.0 Å². The number of carbonyl (C=O) groups is 2. The van der Waals surface area contributed by atoms with Gasteiger partial charge in [0, 0.05) is 5.56 Å². The number of rotatable bonds is 8. The van der Waals surface area contributed by atoms with Crippen molar-refractivity contribution in [3.8, 4) is 0 Å². The highest BCUT2D eigenvalue weighted by atomic mass is 32.2. The Morgan fingerprint density at radius 2 is 2.04 bits per heavy atom. The van der Waals surface area contributed by atoms with Gasteiger partial charge in [-0.2, -0.15) is 16.9 Å². The Morgan fingerprint density at radius 1 is 1.25 bits per heavy atom. The molecular formula is C17H19N3O3S. The van der Waals surface area contributed by atoms with Crippen LogP contribution in [0.2, 0.25) is 0 Å². The van der Waals surface area contributed by atoms with Gasteiger partial charge in [0.2, 0.25) is 0 Å². The van der Waals surface area contributed by atoms with E-state index in [1.54, 1.807) is 48.2 Å². The first kappa shape index (κ1) is 17.8. The van der Waals surface area contributed by atoms with Crippen LogP contribution in [0.5, 0.6) is 0 Å². The van der Waals surface area contributed by atoms with E-state index in [1.165, 1.54) is 12.5 Å². The molecule has 2 rings (SSSR count). The summed E-state index contributed by atoms with van der Waals surface area (Å²) >= 11 is 1.61. The summed E-state index contributed by atoms with van der Waals surface area (Å²) in [5.74, 6) is 0.627. The summed E-state index contributed by atoms with van der Waals surface area (Å²) in [6, 6.07) is 11.6. The van der Waals surface area contributed by atoms with Crippen molar-refractivity contribution in [2.24, 2.45) is 5.10 Å². The highest BCUT2D eigenvalue weighted by Crippen LogP contribution is 2.04. The van der Waals surface area contributed by atoms with E-state index < -0.39 is 6.04 Å². The van der Waals surface area contributed by atoms with Crippen molar-refractivity contribution in [1.29, 1.82) is 0 Å². The maximum atomic E-state index is 12.3. The number of benzene rings is 1. The molecule has 1 unspecified atom stereocenters. The molecule has 2 amide bonds. The van der Waals surface area contributed by atoms with Crippen LogP contribution in [0.25, 0.3) is 0 Å². The summed E-state index contributed by atoms with van der Waals surface area (Å²) in [7, 11) is 0. The highest BCUT2D eigenvalue weighted by molar-refractivity contribution is 7.98. The average molecular weight is 345 g/mol. The third kappa shape index (κ3) is 5.58. The monoisotopic (exact) mass is 345 g/mol. The lowest BCUT2D eigenvalue weighted by atomic mass is 10.1. The highest BCUT2D eigenvalue weighted by Gasteiger charge is 2.20. The minimum absolute atomic E-state index is 0.285. The first-order chi connectivity index (χ1) is 11.7. The molecule has 0 saturated carbocycles. The third-order valence-corrected chi connectivity index (χ3v) is 3.82. The van der Waals surface area contributed by atoms with Gasteiger partial charge in [-0.15, -0.1) is 0 Å². The fourth-order valence-corrected chi connectivity index (χ4v) is 2.41. The number of nitrogens with zero attached hydrogens (tertiary/aromatic N) is 1. The van der Waals surface area contributed by atoms with Gasteiger partial charge in [0.05, 0.1) is 12.5 Å². The number of hydrogen-bond donors (Lipinski definition) is 2. The molecule has 0 fully saturated rings. The molecule has 0 aliphatic carbocycles. The van der Waals surface area contributed by atoms with E-state index in [1.807, 2.05) is 12.3 Å². The van der Waals surface area contributed by atoms with Crippen molar-refractivity contribution in [3.05, 3.63) is 60.1 Å². The molecule has 1 heterocycles. The van der Waals surface area contributed by atoms with Gasteiger partial charge in [0.25, 0.3) is 11.8 Å². The zero-order chi connectivity index (χ0) is 17.2. The fraction of sp³-hybridized carbons (Fsp3) is 0.235. The summed E-state index contributed by atoms with van der Waals surface area (Å²) in [5.41, 5.74) is 2.95. The molecule has 1 atom stereocenters. The summed E-state index contributed by atoms with van der Waals surface area (Å²) < 4.78 is 5.09. The standard InChI is InChI=1S/C17H19N3O3S/c1-24-11-9-15(19-16(21)13-6-3-2-4-7-13)17(22)20-18-12-14-8-5-10-23-14/h2-8,10,12,15H,9,11H2,1H3,(H,19,21)(H,20,22)/b18-12+. The van der Waals surface area contributed by atoms with Gasteiger partial charge < -0.3 is 9.73 Å². The van der Waals surface area contributed by atoms with Crippen molar-refractivity contribution < 1.29 is 14.0 Å². The molecule has 126 valence electrons. The summed E-state index contributed by atoms with van der Waals surface area (Å²) in [5, 5.41) is 6.60. The van der Waals surface area contributed by atoms with E-state index in [2.05, 4.69) is 15.8 Å². The molecule has 0 spiro atoms. The topological polar surface area (TPSA) is 83.7 Å². The lowest BCUT2D eigenvalue weighted by molar-refractivity contribution is -0.123. The lowest BCUT2D eigenvalue weighted by Crippen LogP contribution is -2.45. The Kier molecular flexibility index (Phi) is 7.10. The molecule has 24 heavy (non-hydrogen) atoms. The Balaban J connectivity index is 1.95. The van der Waals surface area contributed by atoms with Crippen molar-refractivity contribution in [3.63, 3.8) is 0 Å². The smallest absolute Gasteiger partial charge is 0.262 e. The second kappa shape index (κ2) is 9.57. The maximum Gasteiger partial charge on any atom is 0.262 e. The Morgan fingerprint density at radius 3 is 2.71 bits per heavy atom. The zero-order valence-corrected chi connectivity index (χ0v) is 14.1. The number of amides is 2. The Labute approximate surface area is 144 Å². The molecule has 2 N–H and O–H groups in total. The normalized spacial score (nSPS) is 12.0. The molecule has 0 aliphatic heterocycles. The number of nitrogens with one attached hydrogen (secondary N) is 2. The number of thioether (sulfide) groups is 1. The number of carbonyl (C=O) groups excluding carboxylic acids is 2. The first-order valence-electron chi connectivity index (χ1n) is 7.42. The quantitative estimate of drug-likeness (QED) is 0.568. The van der Waals surface area contributed by atoms with Gasteiger partial charge in [0.15, 0.2) is 0 Å².